The van der Waals surface area contributed by atoms with Crippen molar-refractivity contribution in [2.75, 3.05) is 19.8 Å². The van der Waals surface area contributed by atoms with Crippen LogP contribution in [0.3, 0.4) is 0 Å². The zero-order valence-corrected chi connectivity index (χ0v) is 11.6. The molecule has 1 aliphatic rings. The Labute approximate surface area is 121 Å². The Morgan fingerprint density at radius 1 is 1.48 bits per heavy atom. The number of nitrogens with one attached hydrogen (secondary N) is 1. The van der Waals surface area contributed by atoms with E-state index in [4.69, 9.17) is 13.9 Å². The Bertz CT molecular complexity index is 654. The average Bonchev–Trinajstić information content (AvgIpc) is 3.07. The largest absolute Gasteiger partial charge is 0.464 e. The standard InChI is InChI=1S/C15H16FNO4/c1-2-20-13-8-19-7-12(13)17-15(18)11-6-10(16)5-9-3-4-21-14(9)11/h3-6,12-13H,2,7-8H2,1H3,(H,17,18)/t12-,13-/m1/s1. The third kappa shape index (κ3) is 2.77. The predicted octanol–water partition coefficient (Wildman–Crippen LogP) is 2.11. The number of furan rings is 1. The van der Waals surface area contributed by atoms with E-state index in [0.717, 1.165) is 0 Å². The molecule has 6 heteroatoms. The molecular formula is C15H16FNO4. The minimum atomic E-state index is -0.474. The molecule has 5 nitrogen and oxygen atoms in total. The molecule has 2 aromatic rings. The third-order valence-corrected chi connectivity index (χ3v) is 3.49. The summed E-state index contributed by atoms with van der Waals surface area (Å²) >= 11 is 0. The summed E-state index contributed by atoms with van der Waals surface area (Å²) in [6.07, 6.45) is 1.25. The van der Waals surface area contributed by atoms with Crippen LogP contribution in [0.2, 0.25) is 0 Å². The van der Waals surface area contributed by atoms with Gasteiger partial charge in [0.05, 0.1) is 31.1 Å². The van der Waals surface area contributed by atoms with Crippen LogP contribution in [-0.4, -0.2) is 37.9 Å². The minimum Gasteiger partial charge on any atom is -0.464 e. The smallest absolute Gasteiger partial charge is 0.255 e. The van der Waals surface area contributed by atoms with Crippen LogP contribution in [0.15, 0.2) is 28.9 Å². The van der Waals surface area contributed by atoms with Gasteiger partial charge in [-0.15, -0.1) is 0 Å². The first-order valence-corrected chi connectivity index (χ1v) is 6.86. The van der Waals surface area contributed by atoms with E-state index in [2.05, 4.69) is 5.32 Å². The van der Waals surface area contributed by atoms with Gasteiger partial charge in [0, 0.05) is 12.0 Å². The number of hydrogen-bond acceptors (Lipinski definition) is 4. The minimum absolute atomic E-state index is 0.178. The summed E-state index contributed by atoms with van der Waals surface area (Å²) < 4.78 is 29.7. The van der Waals surface area contributed by atoms with Crippen LogP contribution in [0.1, 0.15) is 17.3 Å². The van der Waals surface area contributed by atoms with Crippen molar-refractivity contribution in [2.45, 2.75) is 19.1 Å². The van der Waals surface area contributed by atoms with Gasteiger partial charge in [-0.05, 0) is 25.1 Å². The lowest BCUT2D eigenvalue weighted by atomic mass is 10.1. The summed E-state index contributed by atoms with van der Waals surface area (Å²) in [7, 11) is 0. The Hall–Kier alpha value is -1.92. The number of hydrogen-bond donors (Lipinski definition) is 1. The second-order valence-corrected chi connectivity index (χ2v) is 4.90. The molecule has 1 saturated heterocycles. The van der Waals surface area contributed by atoms with E-state index >= 15 is 0 Å². The molecule has 1 aliphatic heterocycles. The molecule has 1 aromatic heterocycles. The van der Waals surface area contributed by atoms with Gasteiger partial charge in [-0.1, -0.05) is 0 Å². The number of carbonyl (C=O) groups is 1. The summed E-state index contributed by atoms with van der Waals surface area (Å²) in [5.41, 5.74) is 0.554. The second-order valence-electron chi connectivity index (χ2n) is 4.90. The molecular weight excluding hydrogens is 277 g/mol. The van der Waals surface area contributed by atoms with Gasteiger partial charge in [-0.3, -0.25) is 4.79 Å². The molecule has 0 bridgehead atoms. The summed E-state index contributed by atoms with van der Waals surface area (Å²) in [6.45, 7) is 3.25. The molecule has 0 unspecified atom stereocenters. The summed E-state index contributed by atoms with van der Waals surface area (Å²) in [4.78, 5) is 12.4. The monoisotopic (exact) mass is 293 g/mol. The molecule has 2 heterocycles. The number of amides is 1. The van der Waals surface area contributed by atoms with E-state index in [9.17, 15) is 9.18 Å². The molecule has 2 atom stereocenters. The first-order valence-electron chi connectivity index (χ1n) is 6.86. The van der Waals surface area contributed by atoms with E-state index in [-0.39, 0.29) is 17.7 Å². The zero-order chi connectivity index (χ0) is 14.8. The fourth-order valence-corrected chi connectivity index (χ4v) is 2.51. The van der Waals surface area contributed by atoms with E-state index in [1.54, 1.807) is 6.07 Å². The van der Waals surface area contributed by atoms with Gasteiger partial charge in [0.25, 0.3) is 5.91 Å². The molecule has 21 heavy (non-hydrogen) atoms. The number of fused-ring (bicyclic) bond motifs is 1. The second kappa shape index (κ2) is 5.83. The molecule has 1 fully saturated rings. The number of ether oxygens (including phenoxy) is 2. The molecule has 0 aliphatic carbocycles. The fourth-order valence-electron chi connectivity index (χ4n) is 2.51. The SMILES string of the molecule is CCO[C@@H]1COC[C@H]1NC(=O)c1cc(F)cc2ccoc12. The van der Waals surface area contributed by atoms with E-state index in [1.165, 1.54) is 18.4 Å². The maximum atomic E-state index is 13.6. The van der Waals surface area contributed by atoms with Crippen molar-refractivity contribution in [3.05, 3.63) is 35.8 Å². The van der Waals surface area contributed by atoms with Crippen molar-refractivity contribution in [3.63, 3.8) is 0 Å². The Balaban J connectivity index is 1.82. The van der Waals surface area contributed by atoms with Crippen molar-refractivity contribution in [2.24, 2.45) is 0 Å². The lowest BCUT2D eigenvalue weighted by Gasteiger charge is -2.18. The number of halogens is 1. The first-order chi connectivity index (χ1) is 10.2. The third-order valence-electron chi connectivity index (χ3n) is 3.49. The molecule has 0 saturated carbocycles. The van der Waals surface area contributed by atoms with Crippen LogP contribution in [0, 0.1) is 5.82 Å². The van der Waals surface area contributed by atoms with Crippen LogP contribution in [0.4, 0.5) is 4.39 Å². The summed E-state index contributed by atoms with van der Waals surface area (Å²) in [5, 5.41) is 3.38. The molecule has 1 amide bonds. The Morgan fingerprint density at radius 2 is 2.33 bits per heavy atom. The molecule has 0 spiro atoms. The molecule has 0 radical (unpaired) electrons. The highest BCUT2D eigenvalue weighted by molar-refractivity contribution is 6.05. The van der Waals surface area contributed by atoms with Gasteiger partial charge in [0.2, 0.25) is 0 Å². The van der Waals surface area contributed by atoms with E-state index < -0.39 is 11.7 Å². The fraction of sp³-hybridized carbons (Fsp3) is 0.400. The average molecular weight is 293 g/mol. The van der Waals surface area contributed by atoms with Crippen molar-refractivity contribution >= 4 is 16.9 Å². The van der Waals surface area contributed by atoms with Crippen molar-refractivity contribution in [1.29, 1.82) is 0 Å². The molecule has 1 N–H and O–H groups in total. The van der Waals surface area contributed by atoms with Crippen LogP contribution < -0.4 is 5.32 Å². The van der Waals surface area contributed by atoms with Gasteiger partial charge in [0.1, 0.15) is 17.5 Å². The highest BCUT2D eigenvalue weighted by Gasteiger charge is 2.31. The zero-order valence-electron chi connectivity index (χ0n) is 11.6. The highest BCUT2D eigenvalue weighted by atomic mass is 19.1. The van der Waals surface area contributed by atoms with Gasteiger partial charge in [-0.2, -0.15) is 0 Å². The molecule has 1 aromatic carbocycles. The molecule has 112 valence electrons. The first kappa shape index (κ1) is 14.0. The van der Waals surface area contributed by atoms with Gasteiger partial charge >= 0.3 is 0 Å². The van der Waals surface area contributed by atoms with Gasteiger partial charge in [-0.25, -0.2) is 4.39 Å². The Morgan fingerprint density at radius 3 is 3.14 bits per heavy atom. The van der Waals surface area contributed by atoms with E-state index in [1.807, 2.05) is 6.92 Å². The lowest BCUT2D eigenvalue weighted by molar-refractivity contribution is 0.0402. The van der Waals surface area contributed by atoms with E-state index in [0.29, 0.717) is 30.8 Å². The maximum Gasteiger partial charge on any atom is 0.255 e. The van der Waals surface area contributed by atoms with Gasteiger partial charge < -0.3 is 19.2 Å². The summed E-state index contributed by atoms with van der Waals surface area (Å²) in [6, 6.07) is 3.88. The number of carbonyl (C=O) groups excluding carboxylic acids is 1. The maximum absolute atomic E-state index is 13.6. The van der Waals surface area contributed by atoms with Crippen LogP contribution in [-0.2, 0) is 9.47 Å². The van der Waals surface area contributed by atoms with Gasteiger partial charge in [0.15, 0.2) is 0 Å². The topological polar surface area (TPSA) is 60.7 Å². The Kier molecular flexibility index (Phi) is 3.90. The van der Waals surface area contributed by atoms with Crippen LogP contribution in [0.5, 0.6) is 0 Å². The number of rotatable bonds is 4. The molecule has 3 rings (SSSR count). The quantitative estimate of drug-likeness (QED) is 0.938. The predicted molar refractivity (Wildman–Crippen MR) is 73.7 cm³/mol. The van der Waals surface area contributed by atoms with Crippen molar-refractivity contribution < 1.29 is 23.1 Å². The lowest BCUT2D eigenvalue weighted by Crippen LogP contribution is -2.43. The highest BCUT2D eigenvalue weighted by Crippen LogP contribution is 2.22. The number of benzene rings is 1. The normalized spacial score (nSPS) is 21.8. The summed E-state index contributed by atoms with van der Waals surface area (Å²) in [5.74, 6) is -0.868. The van der Waals surface area contributed by atoms with Crippen molar-refractivity contribution in [3.8, 4) is 0 Å². The van der Waals surface area contributed by atoms with Crippen molar-refractivity contribution in [1.82, 2.24) is 5.32 Å². The van der Waals surface area contributed by atoms with Crippen LogP contribution >= 0.6 is 0 Å². The van der Waals surface area contributed by atoms with Crippen LogP contribution in [0.25, 0.3) is 11.0 Å².